The normalized spacial score (nSPS) is 16.8. The Bertz CT molecular complexity index is 683. The highest BCUT2D eigenvalue weighted by molar-refractivity contribution is 5.95. The highest BCUT2D eigenvalue weighted by Crippen LogP contribution is 2.12. The summed E-state index contributed by atoms with van der Waals surface area (Å²) in [5.74, 6) is -5.77. The Morgan fingerprint density at radius 1 is 0.750 bits per heavy atom. The molecule has 11 heteroatoms. The maximum Gasteiger partial charge on any atom is 0.326 e. The zero-order chi connectivity index (χ0) is 25.2. The predicted molar refractivity (Wildman–Crippen MR) is 117 cm³/mol. The van der Waals surface area contributed by atoms with Crippen molar-refractivity contribution in [2.24, 2.45) is 23.5 Å². The Labute approximate surface area is 188 Å². The number of carbonyl (C=O) groups is 5. The topological polar surface area (TPSA) is 188 Å². The molecule has 0 saturated carbocycles. The van der Waals surface area contributed by atoms with Crippen molar-refractivity contribution in [2.45, 2.75) is 85.0 Å². The lowest BCUT2D eigenvalue weighted by molar-refractivity contribution is -0.144. The summed E-state index contributed by atoms with van der Waals surface area (Å²) < 4.78 is 0. The standard InChI is InChI=1S/C21H38N4O7/c1-7-11(5)15(22)19(29)25-17(12(6)8-2)20(30)23-13(9-14(26)27)18(28)24-16(10(3)4)21(31)32/h10-13,15-17H,7-9,22H2,1-6H3,(H,23,30)(H,24,28)(H,25,29)(H,26,27)(H,31,32). The van der Waals surface area contributed by atoms with E-state index in [1.807, 2.05) is 20.8 Å². The van der Waals surface area contributed by atoms with Crippen LogP contribution in [0.4, 0.5) is 0 Å². The lowest BCUT2D eigenvalue weighted by Gasteiger charge is -2.28. The van der Waals surface area contributed by atoms with Crippen molar-refractivity contribution in [2.75, 3.05) is 0 Å². The molecule has 11 nitrogen and oxygen atoms in total. The van der Waals surface area contributed by atoms with Gasteiger partial charge in [0.1, 0.15) is 18.1 Å². The second-order valence-corrected chi connectivity index (χ2v) is 8.51. The summed E-state index contributed by atoms with van der Waals surface area (Å²) >= 11 is 0. The van der Waals surface area contributed by atoms with Gasteiger partial charge in [0.25, 0.3) is 0 Å². The fourth-order valence-corrected chi connectivity index (χ4v) is 2.88. The molecule has 0 rings (SSSR count). The van der Waals surface area contributed by atoms with Crippen molar-refractivity contribution in [1.29, 1.82) is 0 Å². The van der Waals surface area contributed by atoms with Gasteiger partial charge in [-0.1, -0.05) is 54.4 Å². The van der Waals surface area contributed by atoms with Crippen molar-refractivity contribution >= 4 is 29.7 Å². The first kappa shape index (κ1) is 29.3. The summed E-state index contributed by atoms with van der Waals surface area (Å²) in [6.07, 6.45) is 0.424. The Morgan fingerprint density at radius 3 is 1.66 bits per heavy atom. The van der Waals surface area contributed by atoms with Gasteiger partial charge >= 0.3 is 11.9 Å². The van der Waals surface area contributed by atoms with Gasteiger partial charge < -0.3 is 31.9 Å². The van der Waals surface area contributed by atoms with Gasteiger partial charge in [0.2, 0.25) is 17.7 Å². The molecule has 0 saturated heterocycles. The highest BCUT2D eigenvalue weighted by Gasteiger charge is 2.34. The summed E-state index contributed by atoms with van der Waals surface area (Å²) in [4.78, 5) is 60.7. The van der Waals surface area contributed by atoms with E-state index in [9.17, 15) is 29.1 Å². The molecule has 32 heavy (non-hydrogen) atoms. The van der Waals surface area contributed by atoms with E-state index in [1.54, 1.807) is 20.8 Å². The number of amides is 3. The van der Waals surface area contributed by atoms with E-state index in [2.05, 4.69) is 16.0 Å². The van der Waals surface area contributed by atoms with E-state index in [-0.39, 0.29) is 11.8 Å². The average Bonchev–Trinajstić information content (AvgIpc) is 2.72. The molecule has 3 amide bonds. The van der Waals surface area contributed by atoms with E-state index in [4.69, 9.17) is 10.8 Å². The Balaban J connectivity index is 5.61. The van der Waals surface area contributed by atoms with E-state index in [1.165, 1.54) is 0 Å². The fourth-order valence-electron chi connectivity index (χ4n) is 2.88. The summed E-state index contributed by atoms with van der Waals surface area (Å²) in [6, 6.07) is -4.66. The predicted octanol–water partition coefficient (Wildman–Crippen LogP) is 0.0756. The number of carboxylic acids is 2. The van der Waals surface area contributed by atoms with E-state index in [0.717, 1.165) is 0 Å². The molecule has 0 aliphatic rings. The molecule has 0 heterocycles. The van der Waals surface area contributed by atoms with E-state index >= 15 is 0 Å². The van der Waals surface area contributed by atoms with Crippen molar-refractivity contribution in [3.8, 4) is 0 Å². The molecular formula is C21H38N4O7. The van der Waals surface area contributed by atoms with Crippen LogP contribution in [0, 0.1) is 17.8 Å². The van der Waals surface area contributed by atoms with Crippen LogP contribution in [-0.2, 0) is 24.0 Å². The number of carboxylic acid groups (broad SMARTS) is 2. The number of rotatable bonds is 14. The van der Waals surface area contributed by atoms with Gasteiger partial charge in [-0.3, -0.25) is 19.2 Å². The Morgan fingerprint density at radius 2 is 1.25 bits per heavy atom. The van der Waals surface area contributed by atoms with Crippen molar-refractivity contribution in [1.82, 2.24) is 16.0 Å². The van der Waals surface area contributed by atoms with Crippen LogP contribution < -0.4 is 21.7 Å². The SMILES string of the molecule is CCC(C)C(N)C(=O)NC(C(=O)NC(CC(=O)O)C(=O)NC(C(=O)O)C(C)C)C(C)CC. The summed E-state index contributed by atoms with van der Waals surface area (Å²) in [6.45, 7) is 10.4. The van der Waals surface area contributed by atoms with Gasteiger partial charge in [0.15, 0.2) is 0 Å². The third-order valence-corrected chi connectivity index (χ3v) is 5.60. The van der Waals surface area contributed by atoms with Crippen molar-refractivity contribution in [3.63, 3.8) is 0 Å². The molecule has 0 aliphatic heterocycles. The number of hydrogen-bond acceptors (Lipinski definition) is 6. The molecule has 0 aromatic carbocycles. The van der Waals surface area contributed by atoms with Crippen LogP contribution in [0.2, 0.25) is 0 Å². The zero-order valence-electron chi connectivity index (χ0n) is 19.7. The highest BCUT2D eigenvalue weighted by atomic mass is 16.4. The second-order valence-electron chi connectivity index (χ2n) is 8.51. The molecule has 0 spiro atoms. The summed E-state index contributed by atoms with van der Waals surface area (Å²) in [5.41, 5.74) is 5.95. The first-order valence-corrected chi connectivity index (χ1v) is 10.9. The minimum atomic E-state index is -1.52. The van der Waals surface area contributed by atoms with Gasteiger partial charge in [-0.05, 0) is 17.8 Å². The maximum absolute atomic E-state index is 12.9. The van der Waals surface area contributed by atoms with Crippen LogP contribution >= 0.6 is 0 Å². The van der Waals surface area contributed by atoms with Crippen molar-refractivity contribution < 1.29 is 34.2 Å². The minimum absolute atomic E-state index is 0.120. The summed E-state index contributed by atoms with van der Waals surface area (Å²) in [7, 11) is 0. The first-order valence-electron chi connectivity index (χ1n) is 10.9. The van der Waals surface area contributed by atoms with Crippen LogP contribution in [0.25, 0.3) is 0 Å². The number of nitrogens with two attached hydrogens (primary N) is 1. The monoisotopic (exact) mass is 458 g/mol. The maximum atomic E-state index is 12.9. The minimum Gasteiger partial charge on any atom is -0.481 e. The molecule has 0 bridgehead atoms. The van der Waals surface area contributed by atoms with Crippen LogP contribution in [-0.4, -0.2) is 64.0 Å². The van der Waals surface area contributed by atoms with Gasteiger partial charge in [0, 0.05) is 0 Å². The second kappa shape index (κ2) is 13.7. The van der Waals surface area contributed by atoms with Gasteiger partial charge in [-0.15, -0.1) is 0 Å². The Kier molecular flexibility index (Phi) is 12.5. The summed E-state index contributed by atoms with van der Waals surface area (Å²) in [5, 5.41) is 25.7. The lowest BCUT2D eigenvalue weighted by Crippen LogP contribution is -2.59. The quantitative estimate of drug-likeness (QED) is 0.211. The molecule has 0 aromatic heterocycles. The molecule has 0 fully saturated rings. The molecule has 184 valence electrons. The first-order chi connectivity index (χ1) is 14.8. The molecule has 0 radical (unpaired) electrons. The number of carbonyl (C=O) groups excluding carboxylic acids is 3. The third-order valence-electron chi connectivity index (χ3n) is 5.60. The number of hydrogen-bond donors (Lipinski definition) is 6. The molecule has 7 N–H and O–H groups in total. The van der Waals surface area contributed by atoms with Crippen LogP contribution in [0.15, 0.2) is 0 Å². The third kappa shape index (κ3) is 9.21. The van der Waals surface area contributed by atoms with Crippen molar-refractivity contribution in [3.05, 3.63) is 0 Å². The lowest BCUT2D eigenvalue weighted by atomic mass is 9.95. The molecule has 6 unspecified atom stereocenters. The van der Waals surface area contributed by atoms with Crippen LogP contribution in [0.1, 0.15) is 60.8 Å². The van der Waals surface area contributed by atoms with Crippen LogP contribution in [0.3, 0.4) is 0 Å². The average molecular weight is 459 g/mol. The van der Waals surface area contributed by atoms with E-state index in [0.29, 0.717) is 12.8 Å². The largest absolute Gasteiger partial charge is 0.481 e. The number of nitrogens with one attached hydrogen (secondary N) is 3. The smallest absolute Gasteiger partial charge is 0.326 e. The fraction of sp³-hybridized carbons (Fsp3) is 0.762. The Hall–Kier alpha value is -2.69. The van der Waals surface area contributed by atoms with Gasteiger partial charge in [-0.2, -0.15) is 0 Å². The number of aliphatic carboxylic acids is 2. The van der Waals surface area contributed by atoms with Gasteiger partial charge in [-0.25, -0.2) is 4.79 Å². The molecule has 0 aromatic rings. The van der Waals surface area contributed by atoms with E-state index < -0.39 is 66.2 Å². The molecular weight excluding hydrogens is 420 g/mol. The van der Waals surface area contributed by atoms with Crippen LogP contribution in [0.5, 0.6) is 0 Å². The molecule has 0 aliphatic carbocycles. The molecule has 6 atom stereocenters. The van der Waals surface area contributed by atoms with Gasteiger partial charge in [0.05, 0.1) is 12.5 Å². The zero-order valence-corrected chi connectivity index (χ0v) is 19.7.